The first-order valence-electron chi connectivity index (χ1n) is 6.12. The smallest absolute Gasteiger partial charge is 0.335 e. The molecule has 92 valence electrons. The maximum absolute atomic E-state index is 10.8. The summed E-state index contributed by atoms with van der Waals surface area (Å²) >= 11 is 0. The minimum atomic E-state index is -0.906. The summed E-state index contributed by atoms with van der Waals surface area (Å²) in [5.41, 5.74) is 2.41. The molecule has 0 spiro atoms. The van der Waals surface area contributed by atoms with Crippen LogP contribution >= 0.6 is 0 Å². The van der Waals surface area contributed by atoms with Crippen LogP contribution in [0.25, 0.3) is 11.4 Å². The van der Waals surface area contributed by atoms with Crippen LogP contribution in [-0.2, 0) is 0 Å². The Morgan fingerprint density at radius 2 is 2.00 bits per heavy atom. The predicted octanol–water partition coefficient (Wildman–Crippen LogP) is 3.04. The van der Waals surface area contributed by atoms with Crippen LogP contribution < -0.4 is 0 Å². The highest BCUT2D eigenvalue weighted by Gasteiger charge is 2.21. The van der Waals surface area contributed by atoms with Crippen LogP contribution in [0, 0.1) is 0 Å². The van der Waals surface area contributed by atoms with Gasteiger partial charge in [-0.05, 0) is 25.0 Å². The van der Waals surface area contributed by atoms with E-state index >= 15 is 0 Å². The number of benzene rings is 1. The van der Waals surface area contributed by atoms with E-state index in [4.69, 9.17) is 5.11 Å². The highest BCUT2D eigenvalue weighted by molar-refractivity contribution is 5.88. The number of aromatic carboxylic acids is 1. The molecule has 3 rings (SSSR count). The third kappa shape index (κ3) is 1.90. The number of nitrogens with one attached hydrogen (secondary N) is 1. The van der Waals surface area contributed by atoms with Crippen LogP contribution in [0.2, 0.25) is 0 Å². The van der Waals surface area contributed by atoms with Gasteiger partial charge in [-0.15, -0.1) is 0 Å². The standard InChI is InChI=1S/C14H14N2O2/c17-14(18)11-6-4-10(5-7-11)13-15-8-12(16-13)9-2-1-3-9/h4-9H,1-3H2,(H,15,16)(H,17,18). The molecule has 4 nitrogen and oxygen atoms in total. The van der Waals surface area contributed by atoms with Crippen LogP contribution in [0.5, 0.6) is 0 Å². The summed E-state index contributed by atoms with van der Waals surface area (Å²) in [6, 6.07) is 6.77. The summed E-state index contributed by atoms with van der Waals surface area (Å²) in [5, 5.41) is 8.84. The van der Waals surface area contributed by atoms with Gasteiger partial charge in [0.05, 0.1) is 5.56 Å². The maximum atomic E-state index is 10.8. The van der Waals surface area contributed by atoms with Gasteiger partial charge in [-0.1, -0.05) is 18.6 Å². The monoisotopic (exact) mass is 242 g/mol. The van der Waals surface area contributed by atoms with E-state index in [9.17, 15) is 4.79 Å². The molecule has 1 heterocycles. The number of hydrogen-bond acceptors (Lipinski definition) is 2. The first-order valence-corrected chi connectivity index (χ1v) is 6.12. The van der Waals surface area contributed by atoms with E-state index in [-0.39, 0.29) is 0 Å². The Morgan fingerprint density at radius 1 is 1.28 bits per heavy atom. The van der Waals surface area contributed by atoms with Gasteiger partial charge in [-0.2, -0.15) is 0 Å². The molecule has 1 saturated carbocycles. The number of aromatic nitrogens is 2. The topological polar surface area (TPSA) is 66.0 Å². The molecule has 2 aromatic rings. The second kappa shape index (κ2) is 4.29. The van der Waals surface area contributed by atoms with E-state index < -0.39 is 5.97 Å². The van der Waals surface area contributed by atoms with Crippen molar-refractivity contribution in [3.63, 3.8) is 0 Å². The Labute approximate surface area is 105 Å². The van der Waals surface area contributed by atoms with Crippen LogP contribution in [0.4, 0.5) is 0 Å². The Bertz CT molecular complexity index is 568. The number of H-pyrrole nitrogens is 1. The lowest BCUT2D eigenvalue weighted by molar-refractivity contribution is 0.0697. The summed E-state index contributed by atoms with van der Waals surface area (Å²) in [6.07, 6.45) is 5.66. The van der Waals surface area contributed by atoms with Crippen molar-refractivity contribution < 1.29 is 9.90 Å². The normalized spacial score (nSPS) is 15.3. The lowest BCUT2D eigenvalue weighted by Gasteiger charge is -2.23. The van der Waals surface area contributed by atoms with Crippen molar-refractivity contribution in [1.82, 2.24) is 9.97 Å². The van der Waals surface area contributed by atoms with Gasteiger partial charge >= 0.3 is 5.97 Å². The Hall–Kier alpha value is -2.10. The second-order valence-corrected chi connectivity index (χ2v) is 4.70. The molecule has 1 fully saturated rings. The van der Waals surface area contributed by atoms with Crippen LogP contribution in [0.15, 0.2) is 30.5 Å². The van der Waals surface area contributed by atoms with Crippen LogP contribution in [0.3, 0.4) is 0 Å². The SMILES string of the molecule is O=C(O)c1ccc(-c2ncc(C3CCC3)[nH]2)cc1. The van der Waals surface area contributed by atoms with Gasteiger partial charge in [0, 0.05) is 23.4 Å². The molecule has 1 aliphatic rings. The molecule has 0 atom stereocenters. The van der Waals surface area contributed by atoms with Gasteiger partial charge in [0.25, 0.3) is 0 Å². The van der Waals surface area contributed by atoms with Crippen molar-refractivity contribution in [2.75, 3.05) is 0 Å². The number of aromatic amines is 1. The molecular formula is C14H14N2O2. The van der Waals surface area contributed by atoms with Crippen molar-refractivity contribution in [2.24, 2.45) is 0 Å². The summed E-state index contributed by atoms with van der Waals surface area (Å²) in [6.45, 7) is 0. The van der Waals surface area contributed by atoms with Gasteiger partial charge in [0.1, 0.15) is 5.82 Å². The summed E-state index contributed by atoms with van der Waals surface area (Å²) in [7, 11) is 0. The molecule has 0 unspecified atom stereocenters. The Balaban J connectivity index is 1.85. The molecule has 4 heteroatoms. The lowest BCUT2D eigenvalue weighted by Crippen LogP contribution is -2.08. The Kier molecular flexibility index (Phi) is 2.63. The number of carboxylic acids is 1. The minimum Gasteiger partial charge on any atom is -0.478 e. The fourth-order valence-electron chi connectivity index (χ4n) is 2.18. The fourth-order valence-corrected chi connectivity index (χ4v) is 2.18. The van der Waals surface area contributed by atoms with Crippen molar-refractivity contribution in [2.45, 2.75) is 25.2 Å². The van der Waals surface area contributed by atoms with E-state index in [1.807, 2.05) is 6.20 Å². The molecular weight excluding hydrogens is 228 g/mol. The van der Waals surface area contributed by atoms with Gasteiger partial charge in [0.15, 0.2) is 0 Å². The molecule has 1 aromatic carbocycles. The molecule has 0 radical (unpaired) electrons. The number of nitrogens with zero attached hydrogens (tertiary/aromatic N) is 1. The number of carbonyl (C=O) groups is 1. The molecule has 1 aliphatic carbocycles. The molecule has 0 aliphatic heterocycles. The number of carboxylic acid groups (broad SMARTS) is 1. The van der Waals surface area contributed by atoms with Gasteiger partial charge in [-0.25, -0.2) is 9.78 Å². The highest BCUT2D eigenvalue weighted by Crippen LogP contribution is 2.35. The molecule has 0 saturated heterocycles. The molecule has 2 N–H and O–H groups in total. The zero-order valence-electron chi connectivity index (χ0n) is 9.89. The summed E-state index contributed by atoms with van der Waals surface area (Å²) in [4.78, 5) is 18.4. The van der Waals surface area contributed by atoms with E-state index in [1.165, 1.54) is 25.0 Å². The molecule has 0 bridgehead atoms. The van der Waals surface area contributed by atoms with Crippen LogP contribution in [-0.4, -0.2) is 21.0 Å². The predicted molar refractivity (Wildman–Crippen MR) is 67.6 cm³/mol. The van der Waals surface area contributed by atoms with Crippen molar-refractivity contribution in [3.8, 4) is 11.4 Å². The number of imidazole rings is 1. The molecule has 1 aromatic heterocycles. The average molecular weight is 242 g/mol. The maximum Gasteiger partial charge on any atom is 0.335 e. The van der Waals surface area contributed by atoms with E-state index in [2.05, 4.69) is 9.97 Å². The highest BCUT2D eigenvalue weighted by atomic mass is 16.4. The van der Waals surface area contributed by atoms with Crippen molar-refractivity contribution in [1.29, 1.82) is 0 Å². The Morgan fingerprint density at radius 3 is 2.56 bits per heavy atom. The quantitative estimate of drug-likeness (QED) is 0.869. The largest absolute Gasteiger partial charge is 0.478 e. The molecule has 18 heavy (non-hydrogen) atoms. The lowest BCUT2D eigenvalue weighted by atomic mass is 9.83. The van der Waals surface area contributed by atoms with Crippen molar-refractivity contribution >= 4 is 5.97 Å². The van der Waals surface area contributed by atoms with Gasteiger partial charge in [-0.3, -0.25) is 0 Å². The van der Waals surface area contributed by atoms with Crippen LogP contribution in [0.1, 0.15) is 41.2 Å². The zero-order chi connectivity index (χ0) is 12.5. The number of rotatable bonds is 3. The average Bonchev–Trinajstić information content (AvgIpc) is 2.76. The molecule has 0 amide bonds. The minimum absolute atomic E-state index is 0.296. The summed E-state index contributed by atoms with van der Waals surface area (Å²) < 4.78 is 0. The second-order valence-electron chi connectivity index (χ2n) is 4.70. The first kappa shape index (κ1) is 11.0. The zero-order valence-corrected chi connectivity index (χ0v) is 9.89. The third-order valence-electron chi connectivity index (χ3n) is 3.55. The van der Waals surface area contributed by atoms with E-state index in [1.54, 1.807) is 24.3 Å². The fraction of sp³-hybridized carbons (Fsp3) is 0.286. The van der Waals surface area contributed by atoms with E-state index in [0.29, 0.717) is 11.5 Å². The number of hydrogen-bond donors (Lipinski definition) is 2. The third-order valence-corrected chi connectivity index (χ3v) is 3.55. The first-order chi connectivity index (χ1) is 8.74. The van der Waals surface area contributed by atoms with Crippen molar-refractivity contribution in [3.05, 3.63) is 41.7 Å². The van der Waals surface area contributed by atoms with Gasteiger partial charge < -0.3 is 10.1 Å². The summed E-state index contributed by atoms with van der Waals surface area (Å²) in [5.74, 6) is 0.537. The van der Waals surface area contributed by atoms with E-state index in [0.717, 1.165) is 11.4 Å². The van der Waals surface area contributed by atoms with Gasteiger partial charge in [0.2, 0.25) is 0 Å².